The third-order valence-corrected chi connectivity index (χ3v) is 11.0. The van der Waals surface area contributed by atoms with E-state index in [2.05, 4.69) is 37.3 Å². The Balaban J connectivity index is 0.879. The van der Waals surface area contributed by atoms with E-state index in [1.165, 1.54) is 54.6 Å². The predicted molar refractivity (Wildman–Crippen MR) is 214 cm³/mol. The minimum atomic E-state index is -0.562. The third-order valence-electron chi connectivity index (χ3n) is 11.0. The molecule has 9 rings (SSSR count). The largest absolute Gasteiger partial charge is 0.457 e. The molecule has 9 heteroatoms. The first-order valence-electron chi connectivity index (χ1n) is 18.5. The molecule has 3 aliphatic rings. The van der Waals surface area contributed by atoms with Gasteiger partial charge in [0.05, 0.1) is 27.9 Å². The van der Waals surface area contributed by atoms with Crippen molar-refractivity contribution in [1.82, 2.24) is 4.90 Å². The van der Waals surface area contributed by atoms with E-state index in [0.29, 0.717) is 17.2 Å². The van der Waals surface area contributed by atoms with Crippen molar-refractivity contribution in [2.75, 3.05) is 11.9 Å². The second kappa shape index (κ2) is 13.4. The van der Waals surface area contributed by atoms with Gasteiger partial charge in [-0.3, -0.25) is 28.9 Å². The Morgan fingerprint density at radius 3 is 1.44 bits per heavy atom. The summed E-state index contributed by atoms with van der Waals surface area (Å²) >= 11 is 0. The standard InChI is InChI=1S/C48H34N2O7/c1-28-4-16-35(17-5-28)56-36-18-10-32(11-19-36)48(2,31-8-9-31)33-12-20-37(21-13-33)57-38-22-14-34(15-23-38)50-46(54)40-25-7-30(27-42(40)47(50)55)43(51)29-6-24-39-41(26-29)45(53)49(3)44(39)52/h4-8,10-27H,9H2,1-3H3. The molecule has 0 N–H and O–H groups in total. The molecule has 6 aromatic carbocycles. The molecule has 6 aromatic rings. The van der Waals surface area contributed by atoms with Crippen molar-refractivity contribution in [2.24, 2.45) is 0 Å². The number of ketones is 1. The van der Waals surface area contributed by atoms with E-state index in [0.717, 1.165) is 38.8 Å². The number of nitrogens with zero attached hydrogens (tertiary/aromatic N) is 2. The molecule has 0 saturated heterocycles. The van der Waals surface area contributed by atoms with Crippen molar-refractivity contribution in [3.8, 4) is 23.0 Å². The number of aryl methyl sites for hydroxylation is 1. The molecule has 278 valence electrons. The zero-order valence-electron chi connectivity index (χ0n) is 31.2. The molecule has 57 heavy (non-hydrogen) atoms. The fourth-order valence-corrected chi connectivity index (χ4v) is 7.54. The summed E-state index contributed by atoms with van der Waals surface area (Å²) in [4.78, 5) is 67.3. The van der Waals surface area contributed by atoms with Crippen LogP contribution < -0.4 is 14.4 Å². The molecule has 1 aliphatic carbocycles. The predicted octanol–water partition coefficient (Wildman–Crippen LogP) is 9.47. The number of imide groups is 2. The first kappa shape index (κ1) is 35.3. The number of ether oxygens (including phenoxy) is 2. The average molecular weight is 751 g/mol. The zero-order valence-corrected chi connectivity index (χ0v) is 31.2. The smallest absolute Gasteiger partial charge is 0.266 e. The van der Waals surface area contributed by atoms with Gasteiger partial charge in [-0.2, -0.15) is 0 Å². The number of carbonyl (C=O) groups is 5. The normalized spacial score (nSPS) is 15.2. The number of anilines is 1. The molecule has 0 saturated carbocycles. The Labute approximate surface area is 328 Å². The van der Waals surface area contributed by atoms with Gasteiger partial charge in [-0.1, -0.05) is 65.7 Å². The zero-order chi connectivity index (χ0) is 39.6. The van der Waals surface area contributed by atoms with Gasteiger partial charge in [-0.25, -0.2) is 4.90 Å². The van der Waals surface area contributed by atoms with Gasteiger partial charge in [0.25, 0.3) is 23.6 Å². The van der Waals surface area contributed by atoms with Gasteiger partial charge >= 0.3 is 0 Å². The minimum absolute atomic E-state index is 0.0962. The van der Waals surface area contributed by atoms with E-state index in [4.69, 9.17) is 9.47 Å². The molecule has 1 atom stereocenters. The Morgan fingerprint density at radius 2 is 0.947 bits per heavy atom. The number of benzene rings is 6. The number of hydrogen-bond acceptors (Lipinski definition) is 7. The SMILES string of the molecule is Cc1ccc(Oc2ccc(C(C)(C3=CC3)c3ccc(Oc4ccc(N5C(=O)c6ccc(C(=O)c7ccc8c(c7)C(=O)N(C)C8=O)cc6C5=O)cc4)cc3)cc2)cc1. The van der Waals surface area contributed by atoms with Crippen LogP contribution in [0.15, 0.2) is 145 Å². The maximum atomic E-state index is 13.6. The highest BCUT2D eigenvalue weighted by molar-refractivity contribution is 6.35. The van der Waals surface area contributed by atoms with Crippen molar-refractivity contribution in [3.05, 3.63) is 195 Å². The van der Waals surface area contributed by atoms with Gasteiger partial charge in [0.1, 0.15) is 23.0 Å². The van der Waals surface area contributed by atoms with Crippen LogP contribution in [0.4, 0.5) is 5.69 Å². The van der Waals surface area contributed by atoms with Crippen molar-refractivity contribution >= 4 is 35.1 Å². The molecule has 2 heterocycles. The van der Waals surface area contributed by atoms with E-state index in [1.807, 2.05) is 55.5 Å². The van der Waals surface area contributed by atoms with Gasteiger partial charge < -0.3 is 9.47 Å². The molecule has 0 aromatic heterocycles. The number of hydrogen-bond donors (Lipinski definition) is 0. The number of rotatable bonds is 10. The molecular formula is C48H34N2O7. The van der Waals surface area contributed by atoms with E-state index in [9.17, 15) is 24.0 Å². The second-order valence-corrected chi connectivity index (χ2v) is 14.6. The number of carbonyl (C=O) groups excluding carboxylic acids is 5. The summed E-state index contributed by atoms with van der Waals surface area (Å²) in [5.74, 6) is 0.278. The summed E-state index contributed by atoms with van der Waals surface area (Å²) < 4.78 is 12.2. The molecule has 1 unspecified atom stereocenters. The number of allylic oxidation sites excluding steroid dienone is 2. The van der Waals surface area contributed by atoms with E-state index >= 15 is 0 Å². The lowest BCUT2D eigenvalue weighted by Crippen LogP contribution is -2.29. The maximum absolute atomic E-state index is 13.6. The topological polar surface area (TPSA) is 110 Å². The van der Waals surface area contributed by atoms with Crippen molar-refractivity contribution in [3.63, 3.8) is 0 Å². The summed E-state index contributed by atoms with van der Waals surface area (Å²) in [5.41, 5.74) is 5.86. The third kappa shape index (κ3) is 6.10. The van der Waals surface area contributed by atoms with E-state index in [-0.39, 0.29) is 38.8 Å². The molecule has 0 radical (unpaired) electrons. The molecule has 9 nitrogen and oxygen atoms in total. The van der Waals surface area contributed by atoms with Crippen LogP contribution in [0.2, 0.25) is 0 Å². The fourth-order valence-electron chi connectivity index (χ4n) is 7.54. The Kier molecular flexibility index (Phi) is 8.32. The molecule has 0 fully saturated rings. The Hall–Kier alpha value is -7.39. The number of amides is 4. The van der Waals surface area contributed by atoms with Crippen LogP contribution in [0.5, 0.6) is 23.0 Å². The summed E-state index contributed by atoms with van der Waals surface area (Å²) in [5, 5.41) is 0. The Morgan fingerprint density at radius 1 is 0.544 bits per heavy atom. The first-order valence-corrected chi connectivity index (χ1v) is 18.5. The van der Waals surface area contributed by atoms with Crippen LogP contribution in [-0.4, -0.2) is 41.4 Å². The lowest BCUT2D eigenvalue weighted by atomic mass is 9.74. The van der Waals surface area contributed by atoms with E-state index < -0.39 is 29.4 Å². The highest BCUT2D eigenvalue weighted by atomic mass is 16.5. The van der Waals surface area contributed by atoms with Gasteiger partial charge in [-0.05, 0) is 116 Å². The van der Waals surface area contributed by atoms with Gasteiger partial charge in [0.2, 0.25) is 0 Å². The lowest BCUT2D eigenvalue weighted by molar-refractivity contribution is 0.0692. The summed E-state index contributed by atoms with van der Waals surface area (Å²) in [6.45, 7) is 4.28. The summed E-state index contributed by atoms with van der Waals surface area (Å²) in [6, 6.07) is 39.5. The Bertz CT molecular complexity index is 2720. The van der Waals surface area contributed by atoms with Gasteiger partial charge in [-0.15, -0.1) is 0 Å². The quantitative estimate of drug-likeness (QED) is 0.0780. The highest BCUT2D eigenvalue weighted by Gasteiger charge is 2.39. The molecule has 2 aliphatic heterocycles. The van der Waals surface area contributed by atoms with Crippen LogP contribution in [0, 0.1) is 6.92 Å². The second-order valence-electron chi connectivity index (χ2n) is 14.6. The first-order chi connectivity index (χ1) is 27.5. The monoisotopic (exact) mass is 750 g/mol. The number of fused-ring (bicyclic) bond motifs is 2. The van der Waals surface area contributed by atoms with Crippen molar-refractivity contribution in [2.45, 2.75) is 25.7 Å². The lowest BCUT2D eigenvalue weighted by Gasteiger charge is -2.29. The molecule has 0 spiro atoms. The molecule has 0 bridgehead atoms. The maximum Gasteiger partial charge on any atom is 0.266 e. The van der Waals surface area contributed by atoms with E-state index in [1.54, 1.807) is 24.3 Å². The summed E-state index contributed by atoms with van der Waals surface area (Å²) in [7, 11) is 1.38. The summed E-state index contributed by atoms with van der Waals surface area (Å²) in [6.07, 6.45) is 3.20. The molecular weight excluding hydrogens is 717 g/mol. The fraction of sp³-hybridized carbons (Fsp3) is 0.104. The van der Waals surface area contributed by atoms with Gasteiger partial charge in [0, 0.05) is 23.6 Å². The van der Waals surface area contributed by atoms with Crippen LogP contribution in [-0.2, 0) is 5.41 Å². The van der Waals surface area contributed by atoms with Crippen molar-refractivity contribution < 1.29 is 33.4 Å². The van der Waals surface area contributed by atoms with Crippen LogP contribution in [0.3, 0.4) is 0 Å². The average Bonchev–Trinajstić information content (AvgIpc) is 4.04. The minimum Gasteiger partial charge on any atom is -0.457 e. The van der Waals surface area contributed by atoms with Crippen molar-refractivity contribution in [1.29, 1.82) is 0 Å². The highest BCUT2D eigenvalue weighted by Crippen LogP contribution is 2.47. The van der Waals surface area contributed by atoms with Crippen LogP contribution in [0.1, 0.15) is 87.4 Å². The van der Waals surface area contributed by atoms with Crippen LogP contribution >= 0.6 is 0 Å². The van der Waals surface area contributed by atoms with Gasteiger partial charge in [0.15, 0.2) is 5.78 Å². The molecule has 4 amide bonds. The van der Waals surface area contributed by atoms with Crippen LogP contribution in [0.25, 0.3) is 0 Å².